The number of aliphatic hydroxyl groups excluding tert-OH is 2. The smallest absolute Gasteiger partial charge is 0.0908 e. The van der Waals surface area contributed by atoms with Gasteiger partial charge >= 0.3 is 0 Å². The first kappa shape index (κ1) is 12.8. The minimum absolute atomic E-state index is 0.109. The fraction of sp³-hybridized carbons (Fsp3) is 0.667. The average Bonchev–Trinajstić information content (AvgIpc) is 2.74. The van der Waals surface area contributed by atoms with E-state index in [-0.39, 0.29) is 11.5 Å². The lowest BCUT2D eigenvalue weighted by Crippen LogP contribution is -2.45. The van der Waals surface area contributed by atoms with Crippen LogP contribution in [0.5, 0.6) is 0 Å². The summed E-state index contributed by atoms with van der Waals surface area (Å²) < 4.78 is 0. The van der Waals surface area contributed by atoms with Crippen LogP contribution >= 0.6 is 0 Å². The van der Waals surface area contributed by atoms with Crippen LogP contribution in [0.3, 0.4) is 0 Å². The molecule has 0 bridgehead atoms. The third-order valence-electron chi connectivity index (χ3n) is 6.57. The summed E-state index contributed by atoms with van der Waals surface area (Å²) >= 11 is 0. The van der Waals surface area contributed by atoms with Crippen molar-refractivity contribution in [2.45, 2.75) is 44.8 Å². The van der Waals surface area contributed by atoms with Gasteiger partial charge in [-0.15, -0.1) is 0 Å². The van der Waals surface area contributed by atoms with Crippen molar-refractivity contribution < 1.29 is 10.2 Å². The Kier molecular flexibility index (Phi) is 2.77. The molecule has 4 aliphatic carbocycles. The van der Waals surface area contributed by atoms with Crippen LogP contribution in [-0.4, -0.2) is 22.4 Å². The molecule has 4 rings (SSSR count). The van der Waals surface area contributed by atoms with Gasteiger partial charge in [0.25, 0.3) is 0 Å². The summed E-state index contributed by atoms with van der Waals surface area (Å²) in [7, 11) is 0. The van der Waals surface area contributed by atoms with Gasteiger partial charge in [-0.1, -0.05) is 31.2 Å². The normalized spacial score (nSPS) is 53.0. The largest absolute Gasteiger partial charge is 0.393 e. The molecule has 7 atom stereocenters. The maximum atomic E-state index is 10.4. The molecule has 2 heteroatoms. The summed E-state index contributed by atoms with van der Waals surface area (Å²) in [6, 6.07) is 0. The summed E-state index contributed by atoms with van der Waals surface area (Å²) in [6.45, 7) is 2.30. The number of rotatable bonds is 0. The van der Waals surface area contributed by atoms with Gasteiger partial charge < -0.3 is 10.2 Å². The standard InChI is InChI=1S/C18H24O2/c1-18-9-8-14-13-5-3-12(19)10-11(13)2-4-15(14)16(18)6-7-17(18)20/h2-5,10,12-17,19-20H,6-9H2,1H3/t12?,13-,14+,15+,16-,17?,18-/m0/s1. The highest BCUT2D eigenvalue weighted by Crippen LogP contribution is 2.59. The molecule has 4 aliphatic rings. The van der Waals surface area contributed by atoms with E-state index >= 15 is 0 Å². The molecular formula is C18H24O2. The fourth-order valence-electron chi connectivity index (χ4n) is 5.38. The molecule has 0 aromatic carbocycles. The van der Waals surface area contributed by atoms with Crippen molar-refractivity contribution in [2.24, 2.45) is 29.1 Å². The van der Waals surface area contributed by atoms with E-state index in [1.807, 2.05) is 12.2 Å². The molecule has 0 aromatic heterocycles. The predicted molar refractivity (Wildman–Crippen MR) is 78.9 cm³/mol. The summed E-state index contributed by atoms with van der Waals surface area (Å²) in [5.41, 5.74) is 1.42. The van der Waals surface area contributed by atoms with Gasteiger partial charge in [-0.05, 0) is 60.5 Å². The second-order valence-electron chi connectivity index (χ2n) is 7.41. The van der Waals surface area contributed by atoms with Crippen molar-refractivity contribution in [1.29, 1.82) is 0 Å². The van der Waals surface area contributed by atoms with Crippen LogP contribution in [0.2, 0.25) is 0 Å². The molecule has 0 radical (unpaired) electrons. The van der Waals surface area contributed by atoms with E-state index < -0.39 is 6.10 Å². The Morgan fingerprint density at radius 1 is 1.10 bits per heavy atom. The lowest BCUT2D eigenvalue weighted by Gasteiger charge is -2.50. The average molecular weight is 272 g/mol. The van der Waals surface area contributed by atoms with E-state index in [0.29, 0.717) is 23.7 Å². The van der Waals surface area contributed by atoms with Gasteiger partial charge in [0.1, 0.15) is 0 Å². The van der Waals surface area contributed by atoms with E-state index in [1.165, 1.54) is 18.4 Å². The van der Waals surface area contributed by atoms with Crippen molar-refractivity contribution in [3.8, 4) is 0 Å². The molecule has 0 saturated heterocycles. The molecule has 0 aromatic rings. The third-order valence-corrected chi connectivity index (χ3v) is 6.57. The Hall–Kier alpha value is -0.860. The Morgan fingerprint density at radius 2 is 1.95 bits per heavy atom. The van der Waals surface area contributed by atoms with Crippen LogP contribution in [-0.2, 0) is 0 Å². The first-order valence-electron chi connectivity index (χ1n) is 8.04. The molecule has 2 nitrogen and oxygen atoms in total. The Morgan fingerprint density at radius 3 is 2.80 bits per heavy atom. The summed E-state index contributed by atoms with van der Waals surface area (Å²) in [5, 5.41) is 20.1. The van der Waals surface area contributed by atoms with Crippen molar-refractivity contribution in [3.63, 3.8) is 0 Å². The zero-order valence-electron chi connectivity index (χ0n) is 12.1. The Labute approximate surface area is 120 Å². The molecule has 2 fully saturated rings. The van der Waals surface area contributed by atoms with Crippen LogP contribution in [0.15, 0.2) is 36.0 Å². The van der Waals surface area contributed by atoms with Crippen LogP contribution in [0.4, 0.5) is 0 Å². The lowest BCUT2D eigenvalue weighted by molar-refractivity contribution is -0.0267. The molecule has 108 valence electrons. The quantitative estimate of drug-likeness (QED) is 0.666. The topological polar surface area (TPSA) is 40.5 Å². The van der Waals surface area contributed by atoms with E-state index in [2.05, 4.69) is 25.2 Å². The Bertz CT molecular complexity index is 504. The fourth-order valence-corrected chi connectivity index (χ4v) is 5.38. The zero-order chi connectivity index (χ0) is 13.9. The predicted octanol–water partition coefficient (Wildman–Crippen LogP) is 2.83. The van der Waals surface area contributed by atoms with E-state index in [1.54, 1.807) is 0 Å². The van der Waals surface area contributed by atoms with Crippen LogP contribution in [0.1, 0.15) is 32.6 Å². The minimum atomic E-state index is -0.412. The van der Waals surface area contributed by atoms with E-state index in [4.69, 9.17) is 0 Å². The van der Waals surface area contributed by atoms with Crippen LogP contribution in [0, 0.1) is 29.1 Å². The highest BCUT2D eigenvalue weighted by molar-refractivity contribution is 5.37. The van der Waals surface area contributed by atoms with Crippen molar-refractivity contribution in [2.75, 3.05) is 0 Å². The second kappa shape index (κ2) is 4.32. The zero-order valence-corrected chi connectivity index (χ0v) is 12.1. The summed E-state index contributed by atoms with van der Waals surface area (Å²) in [4.78, 5) is 0. The highest BCUT2D eigenvalue weighted by Gasteiger charge is 2.54. The molecule has 2 saturated carbocycles. The van der Waals surface area contributed by atoms with E-state index in [0.717, 1.165) is 12.8 Å². The molecule has 0 heterocycles. The molecular weight excluding hydrogens is 248 g/mol. The number of hydrogen-bond donors (Lipinski definition) is 2. The first-order chi connectivity index (χ1) is 9.59. The van der Waals surface area contributed by atoms with Gasteiger partial charge in [0.05, 0.1) is 12.2 Å². The summed E-state index contributed by atoms with van der Waals surface area (Å²) in [5.74, 6) is 2.39. The third kappa shape index (κ3) is 1.64. The van der Waals surface area contributed by atoms with Crippen LogP contribution in [0.25, 0.3) is 0 Å². The SMILES string of the molecule is C[C@]12CC[C@H]3[C@@H](C=CC4=CC(O)C=C[C@@H]43)[C@@H]1CCC2O. The maximum absolute atomic E-state index is 10.4. The van der Waals surface area contributed by atoms with Gasteiger partial charge in [0.15, 0.2) is 0 Å². The van der Waals surface area contributed by atoms with Gasteiger partial charge in [0, 0.05) is 5.92 Å². The molecule has 0 spiro atoms. The number of fused-ring (bicyclic) bond motifs is 5. The molecule has 0 amide bonds. The lowest BCUT2D eigenvalue weighted by atomic mass is 9.54. The van der Waals surface area contributed by atoms with E-state index in [9.17, 15) is 10.2 Å². The molecule has 0 aliphatic heterocycles. The maximum Gasteiger partial charge on any atom is 0.0908 e. The van der Waals surface area contributed by atoms with Gasteiger partial charge in [-0.3, -0.25) is 0 Å². The minimum Gasteiger partial charge on any atom is -0.393 e. The van der Waals surface area contributed by atoms with Crippen molar-refractivity contribution >= 4 is 0 Å². The highest BCUT2D eigenvalue weighted by atomic mass is 16.3. The van der Waals surface area contributed by atoms with Crippen LogP contribution < -0.4 is 0 Å². The monoisotopic (exact) mass is 272 g/mol. The molecule has 2 unspecified atom stereocenters. The Balaban J connectivity index is 1.69. The van der Waals surface area contributed by atoms with Crippen molar-refractivity contribution in [1.82, 2.24) is 0 Å². The van der Waals surface area contributed by atoms with Gasteiger partial charge in [-0.2, -0.15) is 0 Å². The van der Waals surface area contributed by atoms with Crippen molar-refractivity contribution in [3.05, 3.63) is 36.0 Å². The molecule has 20 heavy (non-hydrogen) atoms. The number of allylic oxidation sites excluding steroid dienone is 4. The van der Waals surface area contributed by atoms with Gasteiger partial charge in [-0.25, -0.2) is 0 Å². The van der Waals surface area contributed by atoms with Gasteiger partial charge in [0.2, 0.25) is 0 Å². The number of hydrogen-bond acceptors (Lipinski definition) is 2. The number of aliphatic hydroxyl groups is 2. The second-order valence-corrected chi connectivity index (χ2v) is 7.41. The first-order valence-corrected chi connectivity index (χ1v) is 8.04. The molecule has 2 N–H and O–H groups in total. The summed E-state index contributed by atoms with van der Waals surface area (Å²) in [6.07, 6.45) is 14.7.